The number of nitrogens with two attached hydrogens (primary N) is 1. The molecule has 6 heteroatoms. The van der Waals surface area contributed by atoms with Gasteiger partial charge in [-0.2, -0.15) is 0 Å². The summed E-state index contributed by atoms with van der Waals surface area (Å²) < 4.78 is 0. The maximum atomic E-state index is 11.6. The summed E-state index contributed by atoms with van der Waals surface area (Å²) in [6.45, 7) is 0.457. The number of phenolic OH excluding ortho intramolecular Hbond substituents is 1. The van der Waals surface area contributed by atoms with Crippen molar-refractivity contribution in [3.63, 3.8) is 0 Å². The molecule has 0 saturated heterocycles. The van der Waals surface area contributed by atoms with Crippen LogP contribution in [0.5, 0.6) is 5.75 Å². The first-order valence-electron chi connectivity index (χ1n) is 5.05. The van der Waals surface area contributed by atoms with Crippen molar-refractivity contribution in [2.24, 2.45) is 5.73 Å². The number of thiocarbonyl (C=S) groups is 1. The van der Waals surface area contributed by atoms with Gasteiger partial charge in [-0.15, -0.1) is 0 Å². The fourth-order valence-electron chi connectivity index (χ4n) is 1.26. The second-order valence-electron chi connectivity index (χ2n) is 3.49. The first-order valence-corrected chi connectivity index (χ1v) is 5.84. The molecule has 0 bridgehead atoms. The van der Waals surface area contributed by atoms with Crippen molar-refractivity contribution in [1.82, 2.24) is 5.32 Å². The van der Waals surface area contributed by atoms with E-state index in [0.717, 1.165) is 0 Å². The fourth-order valence-corrected chi connectivity index (χ4v) is 1.57. The predicted molar refractivity (Wildman–Crippen MR) is 71.5 cm³/mol. The largest absolute Gasteiger partial charge is 0.507 e. The molecule has 0 radical (unpaired) electrons. The number of amides is 1. The highest BCUT2D eigenvalue weighted by Crippen LogP contribution is 2.21. The molecule has 0 aliphatic rings. The summed E-state index contributed by atoms with van der Waals surface area (Å²) in [5.41, 5.74) is 5.52. The molecule has 4 N–H and O–H groups in total. The van der Waals surface area contributed by atoms with Gasteiger partial charge < -0.3 is 16.2 Å². The molecule has 4 nitrogen and oxygen atoms in total. The van der Waals surface area contributed by atoms with Gasteiger partial charge in [-0.05, 0) is 31.0 Å². The number of nitrogens with one attached hydrogen (secondary N) is 1. The maximum absolute atomic E-state index is 11.6. The molecule has 92 valence electrons. The summed E-state index contributed by atoms with van der Waals surface area (Å²) in [6, 6.07) is 4.34. The topological polar surface area (TPSA) is 75.3 Å². The van der Waals surface area contributed by atoms with Crippen LogP contribution < -0.4 is 11.1 Å². The number of hydrogen-bond acceptors (Lipinski definition) is 3. The van der Waals surface area contributed by atoms with Gasteiger partial charge in [0.1, 0.15) is 5.75 Å². The van der Waals surface area contributed by atoms with E-state index in [0.29, 0.717) is 29.4 Å². The third-order valence-corrected chi connectivity index (χ3v) is 2.53. The maximum Gasteiger partial charge on any atom is 0.255 e. The number of rotatable bonds is 5. The van der Waals surface area contributed by atoms with Crippen molar-refractivity contribution in [3.05, 3.63) is 28.8 Å². The van der Waals surface area contributed by atoms with Crippen LogP contribution in [0.3, 0.4) is 0 Å². The zero-order valence-corrected chi connectivity index (χ0v) is 10.6. The lowest BCUT2D eigenvalue weighted by atomic mass is 10.2. The summed E-state index contributed by atoms with van der Waals surface area (Å²) in [4.78, 5) is 12.1. The fraction of sp³-hybridized carbons (Fsp3) is 0.273. The zero-order chi connectivity index (χ0) is 12.8. The normalized spacial score (nSPS) is 9.94. The Kier molecular flexibility index (Phi) is 5.18. The van der Waals surface area contributed by atoms with Gasteiger partial charge in [0.25, 0.3) is 5.91 Å². The highest BCUT2D eigenvalue weighted by atomic mass is 35.5. The van der Waals surface area contributed by atoms with Crippen LogP contribution >= 0.6 is 23.8 Å². The first-order chi connectivity index (χ1) is 8.00. The molecule has 1 aromatic carbocycles. The van der Waals surface area contributed by atoms with Crippen LogP contribution in [0.15, 0.2) is 18.2 Å². The molecular formula is C11H13ClN2O2S. The summed E-state index contributed by atoms with van der Waals surface area (Å²) >= 11 is 10.4. The molecule has 0 heterocycles. The lowest BCUT2D eigenvalue weighted by Crippen LogP contribution is -2.25. The zero-order valence-electron chi connectivity index (χ0n) is 9.07. The van der Waals surface area contributed by atoms with E-state index < -0.39 is 0 Å². The van der Waals surface area contributed by atoms with Gasteiger partial charge >= 0.3 is 0 Å². The number of carbonyl (C=O) groups excluding carboxylic acids is 1. The van der Waals surface area contributed by atoms with Crippen LogP contribution in [0.1, 0.15) is 23.2 Å². The van der Waals surface area contributed by atoms with Crippen molar-refractivity contribution in [2.75, 3.05) is 6.54 Å². The Balaban J connectivity index is 2.50. The highest BCUT2D eigenvalue weighted by molar-refractivity contribution is 7.80. The Labute approximate surface area is 110 Å². The van der Waals surface area contributed by atoms with Gasteiger partial charge in [0, 0.05) is 11.6 Å². The standard InChI is InChI=1S/C11H13ClN2O2S/c12-7-3-4-8(9(15)6-7)11(16)14-5-1-2-10(13)17/h3-4,6,15H,1-2,5H2,(H2,13,17)(H,14,16). The van der Waals surface area contributed by atoms with E-state index in [1.807, 2.05) is 0 Å². The van der Waals surface area contributed by atoms with Crippen molar-refractivity contribution in [1.29, 1.82) is 0 Å². The van der Waals surface area contributed by atoms with Crippen molar-refractivity contribution < 1.29 is 9.90 Å². The third kappa shape index (κ3) is 4.58. The molecule has 0 aromatic heterocycles. The summed E-state index contributed by atoms with van der Waals surface area (Å²) in [5.74, 6) is -0.480. The average Bonchev–Trinajstić information content (AvgIpc) is 2.23. The Morgan fingerprint density at radius 3 is 2.82 bits per heavy atom. The van der Waals surface area contributed by atoms with E-state index in [2.05, 4.69) is 5.32 Å². The van der Waals surface area contributed by atoms with Gasteiger partial charge in [-0.1, -0.05) is 23.8 Å². The molecular weight excluding hydrogens is 260 g/mol. The van der Waals surface area contributed by atoms with E-state index in [1.54, 1.807) is 6.07 Å². The van der Waals surface area contributed by atoms with Crippen molar-refractivity contribution in [3.8, 4) is 5.75 Å². The molecule has 1 amide bonds. The van der Waals surface area contributed by atoms with E-state index in [9.17, 15) is 9.90 Å². The SMILES string of the molecule is NC(=S)CCCNC(=O)c1ccc(Cl)cc1O. The van der Waals surface area contributed by atoms with E-state index in [1.165, 1.54) is 12.1 Å². The number of phenols is 1. The van der Waals surface area contributed by atoms with Gasteiger partial charge in [0.15, 0.2) is 0 Å². The second-order valence-corrected chi connectivity index (χ2v) is 4.45. The lowest BCUT2D eigenvalue weighted by molar-refractivity contribution is 0.0951. The molecule has 1 rings (SSSR count). The average molecular weight is 273 g/mol. The Bertz CT molecular complexity index is 437. The van der Waals surface area contributed by atoms with Crippen LogP contribution in [0.25, 0.3) is 0 Å². The van der Waals surface area contributed by atoms with Crippen molar-refractivity contribution in [2.45, 2.75) is 12.8 Å². The summed E-state index contributed by atoms with van der Waals surface area (Å²) in [7, 11) is 0. The van der Waals surface area contributed by atoms with Crippen molar-refractivity contribution >= 4 is 34.7 Å². The van der Waals surface area contributed by atoms with Gasteiger partial charge in [0.2, 0.25) is 0 Å². The summed E-state index contributed by atoms with van der Waals surface area (Å²) in [5, 5.41) is 12.6. The third-order valence-electron chi connectivity index (χ3n) is 2.09. The predicted octanol–water partition coefficient (Wildman–Crippen LogP) is 1.84. The lowest BCUT2D eigenvalue weighted by Gasteiger charge is -2.06. The van der Waals surface area contributed by atoms with Gasteiger partial charge in [0.05, 0.1) is 10.6 Å². The quantitative estimate of drug-likeness (QED) is 0.565. The minimum Gasteiger partial charge on any atom is -0.507 e. The second kappa shape index (κ2) is 6.42. The molecule has 0 saturated carbocycles. The minimum atomic E-state index is -0.345. The van der Waals surface area contributed by atoms with Crippen LogP contribution in [0.2, 0.25) is 5.02 Å². The van der Waals surface area contributed by atoms with Crippen LogP contribution in [-0.2, 0) is 0 Å². The first kappa shape index (κ1) is 13.7. The number of halogens is 1. The van der Waals surface area contributed by atoms with Crippen LogP contribution in [0, 0.1) is 0 Å². The molecule has 0 atom stereocenters. The van der Waals surface area contributed by atoms with Gasteiger partial charge in [-0.3, -0.25) is 4.79 Å². The molecule has 0 spiro atoms. The molecule has 17 heavy (non-hydrogen) atoms. The minimum absolute atomic E-state index is 0.135. The summed E-state index contributed by atoms with van der Waals surface area (Å²) in [6.07, 6.45) is 1.26. The highest BCUT2D eigenvalue weighted by Gasteiger charge is 2.10. The van der Waals surface area contributed by atoms with E-state index in [-0.39, 0.29) is 17.2 Å². The smallest absolute Gasteiger partial charge is 0.255 e. The number of carbonyl (C=O) groups is 1. The monoisotopic (exact) mass is 272 g/mol. The van der Waals surface area contributed by atoms with E-state index >= 15 is 0 Å². The number of hydrogen-bond donors (Lipinski definition) is 3. The Hall–Kier alpha value is -1.33. The molecule has 0 aliphatic carbocycles. The molecule has 0 aliphatic heterocycles. The van der Waals surface area contributed by atoms with E-state index in [4.69, 9.17) is 29.6 Å². The number of benzene rings is 1. The number of aromatic hydroxyl groups is 1. The van der Waals surface area contributed by atoms with Gasteiger partial charge in [-0.25, -0.2) is 0 Å². The Morgan fingerprint density at radius 1 is 1.53 bits per heavy atom. The molecule has 1 aromatic rings. The van der Waals surface area contributed by atoms with Crippen LogP contribution in [0.4, 0.5) is 0 Å². The Morgan fingerprint density at radius 2 is 2.24 bits per heavy atom. The van der Waals surface area contributed by atoms with Crippen LogP contribution in [-0.4, -0.2) is 22.5 Å². The molecule has 0 unspecified atom stereocenters. The molecule has 0 fully saturated rings.